The van der Waals surface area contributed by atoms with Gasteiger partial charge in [0.05, 0.1) is 6.54 Å². The van der Waals surface area contributed by atoms with Crippen LogP contribution in [0.4, 0.5) is 5.95 Å². The minimum Gasteiger partial charge on any atom is -0.390 e. The van der Waals surface area contributed by atoms with Crippen LogP contribution in [0.1, 0.15) is 26.2 Å². The van der Waals surface area contributed by atoms with Crippen molar-refractivity contribution in [3.8, 4) is 0 Å². The van der Waals surface area contributed by atoms with Gasteiger partial charge in [-0.3, -0.25) is 0 Å². The topological polar surface area (TPSA) is 90.9 Å². The standard InChI is InChI=1S/C8H11BrN4O3/c1-6(14)4-2-3-5-12-7(9)10-8(11-12)13(15)16/h2-5H2,1H3. The Balaban J connectivity index is 2.47. The smallest absolute Gasteiger partial charge is 0.390 e. The minimum absolute atomic E-state index is 0.142. The van der Waals surface area contributed by atoms with E-state index in [1.807, 2.05) is 0 Å². The number of hydrogen-bond donors (Lipinski definition) is 0. The number of rotatable bonds is 6. The molecule has 0 saturated heterocycles. The highest BCUT2D eigenvalue weighted by molar-refractivity contribution is 9.10. The summed E-state index contributed by atoms with van der Waals surface area (Å²) in [6.07, 6.45) is 2.00. The molecule has 0 unspecified atom stereocenters. The number of Topliss-reactive ketones (excluding diaryl/α,β-unsaturated/α-hetero) is 1. The van der Waals surface area contributed by atoms with Crippen LogP contribution in [0, 0.1) is 10.1 Å². The van der Waals surface area contributed by atoms with Gasteiger partial charge in [-0.25, -0.2) is 0 Å². The average molecular weight is 291 g/mol. The Hall–Kier alpha value is -1.31. The van der Waals surface area contributed by atoms with Crippen molar-refractivity contribution in [2.45, 2.75) is 32.7 Å². The van der Waals surface area contributed by atoms with Crippen molar-refractivity contribution in [2.75, 3.05) is 0 Å². The number of ketones is 1. The van der Waals surface area contributed by atoms with Crippen LogP contribution in [0.25, 0.3) is 0 Å². The second-order valence-electron chi connectivity index (χ2n) is 3.32. The van der Waals surface area contributed by atoms with Gasteiger partial charge >= 0.3 is 5.95 Å². The van der Waals surface area contributed by atoms with Gasteiger partial charge < -0.3 is 14.9 Å². The van der Waals surface area contributed by atoms with Crippen LogP contribution in [-0.2, 0) is 11.3 Å². The molecule has 1 heterocycles. The van der Waals surface area contributed by atoms with Crippen molar-refractivity contribution < 1.29 is 9.72 Å². The van der Waals surface area contributed by atoms with Crippen LogP contribution in [-0.4, -0.2) is 25.5 Å². The van der Waals surface area contributed by atoms with Gasteiger partial charge in [-0.15, -0.1) is 0 Å². The molecule has 0 aliphatic rings. The number of hydrogen-bond acceptors (Lipinski definition) is 5. The fourth-order valence-corrected chi connectivity index (χ4v) is 1.58. The zero-order valence-electron chi connectivity index (χ0n) is 8.72. The summed E-state index contributed by atoms with van der Waals surface area (Å²) in [7, 11) is 0. The van der Waals surface area contributed by atoms with Crippen LogP contribution in [0.5, 0.6) is 0 Å². The summed E-state index contributed by atoms with van der Waals surface area (Å²) < 4.78 is 1.75. The fourth-order valence-electron chi connectivity index (χ4n) is 1.17. The third-order valence-corrected chi connectivity index (χ3v) is 2.51. The van der Waals surface area contributed by atoms with E-state index in [1.54, 1.807) is 0 Å². The maximum Gasteiger partial charge on any atom is 0.492 e. The van der Waals surface area contributed by atoms with Gasteiger partial charge in [0.25, 0.3) is 4.73 Å². The second-order valence-corrected chi connectivity index (χ2v) is 4.03. The number of carbonyl (C=O) groups is 1. The zero-order chi connectivity index (χ0) is 12.1. The minimum atomic E-state index is -0.642. The van der Waals surface area contributed by atoms with E-state index in [9.17, 15) is 14.9 Å². The van der Waals surface area contributed by atoms with E-state index >= 15 is 0 Å². The van der Waals surface area contributed by atoms with Crippen LogP contribution in [0.2, 0.25) is 0 Å². The van der Waals surface area contributed by atoms with Gasteiger partial charge in [0.2, 0.25) is 0 Å². The van der Waals surface area contributed by atoms with Gasteiger partial charge in [0.1, 0.15) is 5.78 Å². The molecular weight excluding hydrogens is 280 g/mol. The Morgan fingerprint density at radius 2 is 2.25 bits per heavy atom. The first-order valence-electron chi connectivity index (χ1n) is 4.75. The second kappa shape index (κ2) is 5.69. The third-order valence-electron chi connectivity index (χ3n) is 1.93. The summed E-state index contributed by atoms with van der Waals surface area (Å²) in [5.41, 5.74) is 0. The van der Waals surface area contributed by atoms with Crippen molar-refractivity contribution in [1.29, 1.82) is 0 Å². The van der Waals surface area contributed by atoms with E-state index in [-0.39, 0.29) is 5.78 Å². The molecule has 0 radical (unpaired) electrons. The molecule has 0 bridgehead atoms. The highest BCUT2D eigenvalue weighted by atomic mass is 79.9. The number of aromatic nitrogens is 3. The summed E-state index contributed by atoms with van der Waals surface area (Å²) in [5, 5.41) is 14.1. The molecule has 1 aromatic heterocycles. The zero-order valence-corrected chi connectivity index (χ0v) is 10.3. The maximum absolute atomic E-state index is 10.7. The predicted molar refractivity (Wildman–Crippen MR) is 58.9 cm³/mol. The number of nitro groups is 1. The van der Waals surface area contributed by atoms with E-state index < -0.39 is 10.9 Å². The molecule has 0 N–H and O–H groups in total. The number of aryl methyl sites for hydroxylation is 1. The van der Waals surface area contributed by atoms with E-state index in [2.05, 4.69) is 26.0 Å². The lowest BCUT2D eigenvalue weighted by Crippen LogP contribution is -2.02. The maximum atomic E-state index is 10.7. The van der Waals surface area contributed by atoms with Gasteiger partial charge in [-0.05, 0) is 29.7 Å². The van der Waals surface area contributed by atoms with E-state index in [4.69, 9.17) is 0 Å². The van der Waals surface area contributed by atoms with Crippen molar-refractivity contribution in [3.63, 3.8) is 0 Å². The molecule has 0 amide bonds. The summed E-state index contributed by atoms with van der Waals surface area (Å²) in [6.45, 7) is 2.05. The summed E-state index contributed by atoms with van der Waals surface area (Å²) in [6, 6.07) is 0. The lowest BCUT2D eigenvalue weighted by atomic mass is 10.2. The Morgan fingerprint density at radius 1 is 1.56 bits per heavy atom. The van der Waals surface area contributed by atoms with Crippen LogP contribution >= 0.6 is 15.9 Å². The summed E-state index contributed by atoms with van der Waals surface area (Å²) >= 11 is 3.08. The van der Waals surface area contributed by atoms with Crippen molar-refractivity contribution in [1.82, 2.24) is 14.8 Å². The number of unbranched alkanes of at least 4 members (excludes halogenated alkanes) is 1. The predicted octanol–water partition coefficient (Wildman–Crippen LogP) is 1.71. The summed E-state index contributed by atoms with van der Waals surface area (Å²) in [5.74, 6) is -0.276. The van der Waals surface area contributed by atoms with Crippen molar-refractivity contribution in [2.24, 2.45) is 0 Å². The monoisotopic (exact) mass is 290 g/mol. The Labute approximate surface area is 100 Å². The quantitative estimate of drug-likeness (QED) is 0.452. The normalized spacial score (nSPS) is 10.4. The lowest BCUT2D eigenvalue weighted by molar-refractivity contribution is -0.394. The average Bonchev–Trinajstić information content (AvgIpc) is 2.55. The van der Waals surface area contributed by atoms with Gasteiger partial charge in [0.15, 0.2) is 0 Å². The van der Waals surface area contributed by atoms with E-state index in [0.29, 0.717) is 17.7 Å². The molecule has 0 spiro atoms. The Kier molecular flexibility index (Phi) is 4.53. The van der Waals surface area contributed by atoms with Crippen LogP contribution in [0.3, 0.4) is 0 Å². The molecule has 1 rings (SSSR count). The molecule has 0 saturated carbocycles. The summed E-state index contributed by atoms with van der Waals surface area (Å²) in [4.78, 5) is 24.1. The fraction of sp³-hybridized carbons (Fsp3) is 0.625. The highest BCUT2D eigenvalue weighted by Gasteiger charge is 2.18. The van der Waals surface area contributed by atoms with Gasteiger partial charge in [-0.2, -0.15) is 4.68 Å². The first-order valence-corrected chi connectivity index (χ1v) is 5.54. The van der Waals surface area contributed by atoms with Crippen LogP contribution < -0.4 is 0 Å². The molecule has 88 valence electrons. The molecular formula is C8H11BrN4O3. The van der Waals surface area contributed by atoms with Crippen molar-refractivity contribution in [3.05, 3.63) is 14.8 Å². The van der Waals surface area contributed by atoms with Gasteiger partial charge in [-0.1, -0.05) is 0 Å². The largest absolute Gasteiger partial charge is 0.492 e. The van der Waals surface area contributed by atoms with Crippen molar-refractivity contribution >= 4 is 27.7 Å². The molecule has 0 fully saturated rings. The Morgan fingerprint density at radius 3 is 2.75 bits per heavy atom. The SMILES string of the molecule is CC(=O)CCCCn1nc([N+](=O)[O-])nc1Br. The molecule has 8 heteroatoms. The first kappa shape index (κ1) is 12.8. The molecule has 0 aliphatic heterocycles. The number of nitrogens with zero attached hydrogens (tertiary/aromatic N) is 4. The number of carbonyl (C=O) groups excluding carboxylic acids is 1. The first-order chi connectivity index (χ1) is 7.50. The van der Waals surface area contributed by atoms with E-state index in [1.165, 1.54) is 11.6 Å². The van der Waals surface area contributed by atoms with Crippen LogP contribution in [0.15, 0.2) is 4.73 Å². The molecule has 16 heavy (non-hydrogen) atoms. The highest BCUT2D eigenvalue weighted by Crippen LogP contribution is 2.13. The molecule has 0 aromatic carbocycles. The molecule has 1 aromatic rings. The Bertz CT molecular complexity index is 404. The molecule has 0 atom stereocenters. The van der Waals surface area contributed by atoms with E-state index in [0.717, 1.165) is 12.8 Å². The number of halogens is 1. The lowest BCUT2D eigenvalue weighted by Gasteiger charge is -1.96. The van der Waals surface area contributed by atoms with Gasteiger partial charge in [0, 0.05) is 27.4 Å². The molecule has 0 aliphatic carbocycles. The molecule has 7 nitrogen and oxygen atoms in total. The third kappa shape index (κ3) is 3.69.